The number of hydrogen-bond donors (Lipinski definition) is 1. The third kappa shape index (κ3) is 3.45. The highest BCUT2D eigenvalue weighted by Crippen LogP contribution is 2.33. The van der Waals surface area contributed by atoms with Crippen LogP contribution in [0.5, 0.6) is 0 Å². The summed E-state index contributed by atoms with van der Waals surface area (Å²) in [7, 11) is 0. The lowest BCUT2D eigenvalue weighted by atomic mass is 10.1. The molecule has 0 atom stereocenters. The standard InChI is InChI=1S/C13H14BrF3N2O/c1-7-10(4-8(14)5-11(7)18)12(20)19(9-2-3-9)6-13(15,16)17/h4-5,9H,2-3,6,18H2,1H3. The zero-order valence-corrected chi connectivity index (χ0v) is 12.4. The maximum Gasteiger partial charge on any atom is 0.406 e. The Morgan fingerprint density at radius 1 is 1.45 bits per heavy atom. The van der Waals surface area contributed by atoms with Gasteiger partial charge < -0.3 is 10.6 Å². The van der Waals surface area contributed by atoms with Crippen LogP contribution in [0.3, 0.4) is 0 Å². The van der Waals surface area contributed by atoms with Crippen molar-refractivity contribution in [2.75, 3.05) is 12.3 Å². The largest absolute Gasteiger partial charge is 0.406 e. The van der Waals surface area contributed by atoms with Crippen LogP contribution in [0.25, 0.3) is 0 Å². The molecular formula is C13H14BrF3N2O. The average Bonchev–Trinajstić information content (AvgIpc) is 3.12. The number of nitrogens with zero attached hydrogens (tertiary/aromatic N) is 1. The van der Waals surface area contributed by atoms with Crippen LogP contribution in [0.15, 0.2) is 16.6 Å². The molecule has 20 heavy (non-hydrogen) atoms. The Morgan fingerprint density at radius 3 is 2.55 bits per heavy atom. The van der Waals surface area contributed by atoms with Crippen molar-refractivity contribution in [3.8, 4) is 0 Å². The number of carbonyl (C=O) groups excluding carboxylic acids is 1. The first-order chi connectivity index (χ1) is 9.19. The van der Waals surface area contributed by atoms with Gasteiger partial charge in [-0.3, -0.25) is 4.79 Å². The molecule has 1 amide bonds. The number of halogens is 4. The summed E-state index contributed by atoms with van der Waals surface area (Å²) in [5.74, 6) is -0.615. The fourth-order valence-corrected chi connectivity index (χ4v) is 2.50. The number of hydrogen-bond acceptors (Lipinski definition) is 2. The molecule has 110 valence electrons. The molecule has 7 heteroatoms. The van der Waals surface area contributed by atoms with E-state index >= 15 is 0 Å². The number of carbonyl (C=O) groups is 1. The van der Waals surface area contributed by atoms with Crippen molar-refractivity contribution in [1.29, 1.82) is 0 Å². The van der Waals surface area contributed by atoms with E-state index in [2.05, 4.69) is 15.9 Å². The Morgan fingerprint density at radius 2 is 2.05 bits per heavy atom. The lowest BCUT2D eigenvalue weighted by Crippen LogP contribution is -2.40. The Hall–Kier alpha value is -1.24. The van der Waals surface area contributed by atoms with Crippen LogP contribution in [-0.2, 0) is 0 Å². The molecule has 2 rings (SSSR count). The number of benzene rings is 1. The molecule has 0 saturated heterocycles. The van der Waals surface area contributed by atoms with Crippen molar-refractivity contribution in [2.45, 2.75) is 32.0 Å². The van der Waals surface area contributed by atoms with Gasteiger partial charge in [-0.05, 0) is 37.5 Å². The number of nitrogens with two attached hydrogens (primary N) is 1. The summed E-state index contributed by atoms with van der Waals surface area (Å²) in [5.41, 5.74) is 6.86. The van der Waals surface area contributed by atoms with Gasteiger partial charge in [-0.15, -0.1) is 0 Å². The monoisotopic (exact) mass is 350 g/mol. The average molecular weight is 351 g/mol. The van der Waals surface area contributed by atoms with Crippen molar-refractivity contribution >= 4 is 27.5 Å². The van der Waals surface area contributed by atoms with Crippen LogP contribution < -0.4 is 5.73 Å². The van der Waals surface area contributed by atoms with Crippen molar-refractivity contribution in [3.63, 3.8) is 0 Å². The molecule has 0 heterocycles. The Bertz CT molecular complexity index is 541. The summed E-state index contributed by atoms with van der Waals surface area (Å²) >= 11 is 3.21. The van der Waals surface area contributed by atoms with E-state index in [0.717, 1.165) is 4.90 Å². The molecule has 0 bridgehead atoms. The van der Waals surface area contributed by atoms with Gasteiger partial charge in [0, 0.05) is 21.8 Å². The summed E-state index contributed by atoms with van der Waals surface area (Å²) in [6, 6.07) is 2.82. The number of anilines is 1. The van der Waals surface area contributed by atoms with Gasteiger partial charge in [-0.1, -0.05) is 15.9 Å². The molecule has 1 saturated carbocycles. The van der Waals surface area contributed by atoms with Gasteiger partial charge in [-0.2, -0.15) is 13.2 Å². The predicted octanol–water partition coefficient (Wildman–Crippen LogP) is 3.51. The zero-order chi connectivity index (χ0) is 15.1. The second-order valence-electron chi connectivity index (χ2n) is 4.95. The van der Waals surface area contributed by atoms with Crippen molar-refractivity contribution in [1.82, 2.24) is 4.90 Å². The van der Waals surface area contributed by atoms with E-state index < -0.39 is 18.6 Å². The number of nitrogen functional groups attached to an aromatic ring is 1. The van der Waals surface area contributed by atoms with Crippen LogP contribution in [0.4, 0.5) is 18.9 Å². The maximum atomic E-state index is 12.6. The minimum absolute atomic E-state index is 0.216. The molecule has 0 unspecified atom stereocenters. The molecule has 0 spiro atoms. The maximum absolute atomic E-state index is 12.6. The molecule has 3 nitrogen and oxygen atoms in total. The van der Waals surface area contributed by atoms with Crippen molar-refractivity contribution < 1.29 is 18.0 Å². The van der Waals surface area contributed by atoms with Crippen LogP contribution in [-0.4, -0.2) is 29.6 Å². The fraction of sp³-hybridized carbons (Fsp3) is 0.462. The van der Waals surface area contributed by atoms with E-state index in [1.54, 1.807) is 13.0 Å². The lowest BCUT2D eigenvalue weighted by Gasteiger charge is -2.25. The molecule has 1 aromatic carbocycles. The summed E-state index contributed by atoms with van der Waals surface area (Å²) in [5, 5.41) is 0. The predicted molar refractivity (Wildman–Crippen MR) is 73.4 cm³/mol. The van der Waals surface area contributed by atoms with Gasteiger partial charge >= 0.3 is 6.18 Å². The van der Waals surface area contributed by atoms with Gasteiger partial charge in [0.25, 0.3) is 5.91 Å². The Labute approximate surface area is 123 Å². The summed E-state index contributed by atoms with van der Waals surface area (Å²) in [6.07, 6.45) is -3.17. The van der Waals surface area contributed by atoms with E-state index in [1.165, 1.54) is 6.07 Å². The van der Waals surface area contributed by atoms with Crippen molar-refractivity contribution in [2.24, 2.45) is 0 Å². The van der Waals surface area contributed by atoms with E-state index in [-0.39, 0.29) is 11.6 Å². The molecule has 1 aromatic rings. The minimum atomic E-state index is -4.40. The van der Waals surface area contributed by atoms with E-state index in [9.17, 15) is 18.0 Å². The highest BCUT2D eigenvalue weighted by molar-refractivity contribution is 9.10. The Balaban J connectivity index is 2.33. The molecule has 0 aliphatic heterocycles. The molecular weight excluding hydrogens is 337 g/mol. The Kier molecular flexibility index (Phi) is 4.00. The van der Waals surface area contributed by atoms with Gasteiger partial charge in [0.05, 0.1) is 0 Å². The second kappa shape index (κ2) is 5.27. The number of alkyl halides is 3. The zero-order valence-electron chi connectivity index (χ0n) is 10.8. The van der Waals surface area contributed by atoms with Crippen LogP contribution in [0.2, 0.25) is 0 Å². The summed E-state index contributed by atoms with van der Waals surface area (Å²) < 4.78 is 38.4. The van der Waals surface area contributed by atoms with Gasteiger partial charge in [0.15, 0.2) is 0 Å². The fourth-order valence-electron chi connectivity index (χ4n) is 2.02. The van der Waals surface area contributed by atoms with Gasteiger partial charge in [0.2, 0.25) is 0 Å². The smallest absolute Gasteiger partial charge is 0.398 e. The first-order valence-electron chi connectivity index (χ1n) is 6.12. The van der Waals surface area contributed by atoms with Gasteiger partial charge in [0.1, 0.15) is 6.54 Å². The molecule has 0 radical (unpaired) electrons. The molecule has 1 aliphatic rings. The van der Waals surface area contributed by atoms with Crippen LogP contribution >= 0.6 is 15.9 Å². The third-order valence-corrected chi connectivity index (χ3v) is 3.70. The first-order valence-corrected chi connectivity index (χ1v) is 6.91. The molecule has 1 aliphatic carbocycles. The number of amides is 1. The highest BCUT2D eigenvalue weighted by atomic mass is 79.9. The molecule has 1 fully saturated rings. The van der Waals surface area contributed by atoms with E-state index in [4.69, 9.17) is 5.73 Å². The lowest BCUT2D eigenvalue weighted by molar-refractivity contribution is -0.141. The molecule has 2 N–H and O–H groups in total. The quantitative estimate of drug-likeness (QED) is 0.848. The topological polar surface area (TPSA) is 46.3 Å². The van der Waals surface area contributed by atoms with Crippen molar-refractivity contribution in [3.05, 3.63) is 27.7 Å². The van der Waals surface area contributed by atoms with E-state index in [1.807, 2.05) is 0 Å². The van der Waals surface area contributed by atoms with E-state index in [0.29, 0.717) is 28.6 Å². The first kappa shape index (κ1) is 15.2. The SMILES string of the molecule is Cc1c(N)cc(Br)cc1C(=O)N(CC(F)(F)F)C1CC1. The minimum Gasteiger partial charge on any atom is -0.398 e. The number of rotatable bonds is 3. The van der Waals surface area contributed by atoms with Gasteiger partial charge in [-0.25, -0.2) is 0 Å². The summed E-state index contributed by atoms with van der Waals surface area (Å²) in [6.45, 7) is 0.413. The second-order valence-corrected chi connectivity index (χ2v) is 5.86. The third-order valence-electron chi connectivity index (χ3n) is 3.24. The molecule has 0 aromatic heterocycles. The normalized spacial score (nSPS) is 15.2. The van der Waals surface area contributed by atoms with Crippen LogP contribution in [0, 0.1) is 6.92 Å². The summed E-state index contributed by atoms with van der Waals surface area (Å²) in [4.78, 5) is 13.3. The highest BCUT2D eigenvalue weighted by Gasteiger charge is 2.41. The van der Waals surface area contributed by atoms with Crippen LogP contribution in [0.1, 0.15) is 28.8 Å².